The predicted molar refractivity (Wildman–Crippen MR) is 130 cm³/mol. The number of aromatic nitrogens is 2. The molecule has 3 aromatic rings. The van der Waals surface area contributed by atoms with E-state index in [0.29, 0.717) is 39.4 Å². The first kappa shape index (κ1) is 22.3. The number of nitrogens with zero attached hydrogens (tertiary/aromatic N) is 4. The number of fused-ring (bicyclic) bond motifs is 3. The summed E-state index contributed by atoms with van der Waals surface area (Å²) in [6.45, 7) is 10.1. The zero-order valence-corrected chi connectivity index (χ0v) is 19.3. The average Bonchev–Trinajstić information content (AvgIpc) is 3.19. The fourth-order valence-electron chi connectivity index (χ4n) is 4.98. The second kappa shape index (κ2) is 10.6. The number of carbonyl (C=O) groups is 1. The highest BCUT2D eigenvalue weighted by Gasteiger charge is 2.21. The highest BCUT2D eigenvalue weighted by atomic mass is 16.5. The number of ether oxygens (including phenoxy) is 1. The summed E-state index contributed by atoms with van der Waals surface area (Å²) in [7, 11) is 0. The Hall–Kier alpha value is -2.52. The number of hydrogen-bond acceptors (Lipinski definition) is 6. The molecule has 33 heavy (non-hydrogen) atoms. The van der Waals surface area contributed by atoms with Gasteiger partial charge in [-0.1, -0.05) is 18.2 Å². The van der Waals surface area contributed by atoms with Crippen LogP contribution in [0, 0.1) is 0 Å². The van der Waals surface area contributed by atoms with Gasteiger partial charge in [-0.05, 0) is 31.6 Å². The van der Waals surface area contributed by atoms with E-state index in [1.807, 2.05) is 17.2 Å². The van der Waals surface area contributed by atoms with E-state index < -0.39 is 0 Å². The maximum atomic E-state index is 13.1. The Morgan fingerprint density at radius 1 is 1.06 bits per heavy atom. The molecule has 2 N–H and O–H groups in total. The van der Waals surface area contributed by atoms with Crippen molar-refractivity contribution in [3.63, 3.8) is 0 Å². The van der Waals surface area contributed by atoms with Crippen LogP contribution in [-0.4, -0.2) is 90.8 Å². The minimum absolute atomic E-state index is 0.139. The molecule has 2 fully saturated rings. The zero-order valence-electron chi connectivity index (χ0n) is 19.3. The monoisotopic (exact) mass is 450 g/mol. The van der Waals surface area contributed by atoms with Gasteiger partial charge in [-0.25, -0.2) is 0 Å². The third-order valence-corrected chi connectivity index (χ3v) is 6.74. The molecule has 8 nitrogen and oxygen atoms in total. The van der Waals surface area contributed by atoms with Gasteiger partial charge in [0.1, 0.15) is 6.54 Å². The summed E-state index contributed by atoms with van der Waals surface area (Å²) >= 11 is 0. The Morgan fingerprint density at radius 2 is 1.88 bits per heavy atom. The smallest absolute Gasteiger partial charge is 0.242 e. The number of morpholine rings is 1. The lowest BCUT2D eigenvalue weighted by Gasteiger charge is -2.27. The second-order valence-electron chi connectivity index (χ2n) is 8.87. The van der Waals surface area contributed by atoms with Gasteiger partial charge < -0.3 is 29.7 Å². The molecule has 1 amide bonds. The largest absolute Gasteiger partial charge is 0.378 e. The first-order valence-corrected chi connectivity index (χ1v) is 12.2. The molecule has 0 bridgehead atoms. The fourth-order valence-corrected chi connectivity index (χ4v) is 4.98. The maximum Gasteiger partial charge on any atom is 0.242 e. The van der Waals surface area contributed by atoms with Gasteiger partial charge in [-0.3, -0.25) is 9.78 Å². The normalized spacial score (nSPS) is 17.8. The van der Waals surface area contributed by atoms with Gasteiger partial charge in [0.2, 0.25) is 5.91 Å². The summed E-state index contributed by atoms with van der Waals surface area (Å²) in [6, 6.07) is 10.4. The van der Waals surface area contributed by atoms with E-state index in [0.717, 1.165) is 67.8 Å². The van der Waals surface area contributed by atoms with Gasteiger partial charge in [0.05, 0.1) is 24.4 Å². The predicted octanol–water partition coefficient (Wildman–Crippen LogP) is 1.43. The van der Waals surface area contributed by atoms with Crippen LogP contribution in [-0.2, 0) is 22.6 Å². The van der Waals surface area contributed by atoms with Crippen molar-refractivity contribution < 1.29 is 9.53 Å². The van der Waals surface area contributed by atoms with Crippen molar-refractivity contribution in [1.29, 1.82) is 0 Å². The van der Waals surface area contributed by atoms with Gasteiger partial charge in [0.25, 0.3) is 0 Å². The molecule has 0 unspecified atom stereocenters. The Bertz CT molecular complexity index is 1090. The molecule has 5 rings (SSSR count). The van der Waals surface area contributed by atoms with Crippen LogP contribution in [0.2, 0.25) is 0 Å². The van der Waals surface area contributed by atoms with E-state index in [1.165, 1.54) is 5.39 Å². The van der Waals surface area contributed by atoms with E-state index in [2.05, 4.69) is 44.4 Å². The quantitative estimate of drug-likeness (QED) is 0.506. The summed E-state index contributed by atoms with van der Waals surface area (Å²) in [5.74, 6) is 0.139. The molecule has 0 aliphatic carbocycles. The van der Waals surface area contributed by atoms with E-state index >= 15 is 0 Å². The van der Waals surface area contributed by atoms with Crippen LogP contribution in [0.1, 0.15) is 12.1 Å². The van der Waals surface area contributed by atoms with E-state index in [4.69, 9.17) is 9.72 Å². The minimum Gasteiger partial charge on any atom is -0.378 e. The van der Waals surface area contributed by atoms with Gasteiger partial charge >= 0.3 is 0 Å². The molecule has 2 aliphatic rings. The molecule has 8 heteroatoms. The summed E-state index contributed by atoms with van der Waals surface area (Å²) in [6.07, 6.45) is 3.01. The topological polar surface area (TPSA) is 74.7 Å². The second-order valence-corrected chi connectivity index (χ2v) is 8.87. The molecule has 1 aromatic carbocycles. The Labute approximate surface area is 194 Å². The fraction of sp³-hybridized carbons (Fsp3) is 0.520. The van der Waals surface area contributed by atoms with Crippen molar-refractivity contribution in [1.82, 2.24) is 30.0 Å². The van der Waals surface area contributed by atoms with Crippen molar-refractivity contribution in [3.05, 3.63) is 42.2 Å². The first-order chi connectivity index (χ1) is 16.3. The first-order valence-electron chi connectivity index (χ1n) is 12.2. The lowest BCUT2D eigenvalue weighted by molar-refractivity contribution is -0.135. The average molecular weight is 451 g/mol. The molecule has 2 saturated heterocycles. The summed E-state index contributed by atoms with van der Waals surface area (Å²) < 4.78 is 7.58. The van der Waals surface area contributed by atoms with Crippen molar-refractivity contribution in [2.24, 2.45) is 0 Å². The highest BCUT2D eigenvalue weighted by Crippen LogP contribution is 2.30. The number of pyridine rings is 1. The van der Waals surface area contributed by atoms with Gasteiger partial charge in [0, 0.05) is 68.3 Å². The summed E-state index contributed by atoms with van der Waals surface area (Å²) in [5.41, 5.74) is 3.15. The van der Waals surface area contributed by atoms with Crippen LogP contribution in [0.4, 0.5) is 0 Å². The number of amides is 1. The highest BCUT2D eigenvalue weighted by molar-refractivity contribution is 6.09. The standard InChI is InChI=1S/C25H34N6O2/c32-24(30-14-16-33-17-15-30)19-31-23-5-2-1-4-20(23)21-6-8-28-22(25(21)31)18-27-7-3-11-29-12-9-26-10-13-29/h1-2,4-6,8,26-27H,3,7,9-19H2. The number of benzene rings is 1. The van der Waals surface area contributed by atoms with E-state index in [1.54, 1.807) is 0 Å². The number of piperazine rings is 1. The van der Waals surface area contributed by atoms with Crippen LogP contribution in [0.15, 0.2) is 36.5 Å². The van der Waals surface area contributed by atoms with Crippen molar-refractivity contribution in [2.45, 2.75) is 19.5 Å². The minimum atomic E-state index is 0.139. The van der Waals surface area contributed by atoms with Gasteiger partial charge in [-0.2, -0.15) is 0 Å². The molecular formula is C25H34N6O2. The maximum absolute atomic E-state index is 13.1. The van der Waals surface area contributed by atoms with Crippen LogP contribution in [0.5, 0.6) is 0 Å². The molecular weight excluding hydrogens is 416 g/mol. The van der Waals surface area contributed by atoms with Crippen molar-refractivity contribution >= 4 is 27.7 Å². The zero-order chi connectivity index (χ0) is 22.5. The summed E-state index contributed by atoms with van der Waals surface area (Å²) in [4.78, 5) is 22.3. The third-order valence-electron chi connectivity index (χ3n) is 6.74. The molecule has 0 spiro atoms. The SMILES string of the molecule is O=C(Cn1c2ccccc2c2ccnc(CNCCCN3CCNCC3)c21)N1CCOCC1. The number of para-hydroxylation sites is 1. The van der Waals surface area contributed by atoms with Crippen LogP contribution in [0.25, 0.3) is 21.8 Å². The number of hydrogen-bond donors (Lipinski definition) is 2. The lowest BCUT2D eigenvalue weighted by Crippen LogP contribution is -2.44. The van der Waals surface area contributed by atoms with Crippen LogP contribution >= 0.6 is 0 Å². The number of rotatable bonds is 8. The van der Waals surface area contributed by atoms with E-state index in [-0.39, 0.29) is 5.91 Å². The molecule has 0 saturated carbocycles. The lowest BCUT2D eigenvalue weighted by atomic mass is 10.1. The molecule has 0 radical (unpaired) electrons. The Kier molecular flexibility index (Phi) is 7.16. The number of carbonyl (C=O) groups excluding carboxylic acids is 1. The molecule has 176 valence electrons. The third kappa shape index (κ3) is 5.04. The number of nitrogens with one attached hydrogen (secondary N) is 2. The summed E-state index contributed by atoms with van der Waals surface area (Å²) in [5, 5.41) is 9.33. The Balaban J connectivity index is 1.33. The Morgan fingerprint density at radius 3 is 2.73 bits per heavy atom. The van der Waals surface area contributed by atoms with Crippen molar-refractivity contribution in [2.75, 3.05) is 65.6 Å². The van der Waals surface area contributed by atoms with Crippen LogP contribution < -0.4 is 10.6 Å². The van der Waals surface area contributed by atoms with Crippen LogP contribution in [0.3, 0.4) is 0 Å². The molecule has 0 atom stereocenters. The van der Waals surface area contributed by atoms with Gasteiger partial charge in [-0.15, -0.1) is 0 Å². The van der Waals surface area contributed by atoms with Crippen molar-refractivity contribution in [3.8, 4) is 0 Å². The van der Waals surface area contributed by atoms with E-state index in [9.17, 15) is 4.79 Å². The molecule has 2 aromatic heterocycles. The molecule has 4 heterocycles. The molecule has 2 aliphatic heterocycles. The van der Waals surface area contributed by atoms with Gasteiger partial charge in [0.15, 0.2) is 0 Å².